The van der Waals surface area contributed by atoms with Gasteiger partial charge in [-0.3, -0.25) is 9.59 Å². The van der Waals surface area contributed by atoms with E-state index in [-0.39, 0.29) is 18.0 Å². The van der Waals surface area contributed by atoms with Crippen molar-refractivity contribution in [2.45, 2.75) is 110 Å². The van der Waals surface area contributed by atoms with Crippen molar-refractivity contribution in [3.8, 4) is 11.8 Å². The van der Waals surface area contributed by atoms with Crippen LogP contribution in [0.25, 0.3) is 0 Å². The van der Waals surface area contributed by atoms with Gasteiger partial charge in [0.2, 0.25) is 0 Å². The molecule has 1 atom stereocenters. The van der Waals surface area contributed by atoms with Gasteiger partial charge in [0.25, 0.3) is 0 Å². The molecular weight excluding hydrogens is 328 g/mol. The summed E-state index contributed by atoms with van der Waals surface area (Å²) >= 11 is 0. The Morgan fingerprint density at radius 1 is 0.808 bits per heavy atom. The molecule has 0 aromatic carbocycles. The molecule has 0 bridgehead atoms. The highest BCUT2D eigenvalue weighted by Gasteiger charge is 2.09. The van der Waals surface area contributed by atoms with Crippen LogP contribution in [-0.2, 0) is 19.1 Å². The van der Waals surface area contributed by atoms with Gasteiger partial charge in [-0.05, 0) is 32.6 Å². The van der Waals surface area contributed by atoms with Gasteiger partial charge in [0.15, 0.2) is 6.10 Å². The molecule has 0 saturated carbocycles. The van der Waals surface area contributed by atoms with E-state index in [1.165, 1.54) is 12.8 Å². The summed E-state index contributed by atoms with van der Waals surface area (Å²) in [6, 6.07) is 0. The summed E-state index contributed by atoms with van der Waals surface area (Å²) in [5.74, 6) is 5.46. The lowest BCUT2D eigenvalue weighted by molar-refractivity contribution is -0.147. The summed E-state index contributed by atoms with van der Waals surface area (Å²) in [6.45, 7) is 6.45. The van der Waals surface area contributed by atoms with Crippen LogP contribution in [0.3, 0.4) is 0 Å². The second kappa shape index (κ2) is 18.3. The SMILES string of the molecule is CC#CC(CC)OC(=O)CCCCCCCCC(=O)OCCCCCC. The first-order chi connectivity index (χ1) is 12.6. The molecule has 1 unspecified atom stereocenters. The molecular formula is C22H38O4. The molecule has 0 heterocycles. The van der Waals surface area contributed by atoms with E-state index < -0.39 is 0 Å². The summed E-state index contributed by atoms with van der Waals surface area (Å²) < 4.78 is 10.5. The average molecular weight is 367 g/mol. The lowest BCUT2D eigenvalue weighted by Crippen LogP contribution is -2.15. The Balaban J connectivity index is 3.43. The third-order valence-electron chi connectivity index (χ3n) is 4.22. The van der Waals surface area contributed by atoms with Crippen LogP contribution in [0.4, 0.5) is 0 Å². The van der Waals surface area contributed by atoms with E-state index in [0.29, 0.717) is 19.4 Å². The summed E-state index contributed by atoms with van der Waals surface area (Å²) in [5, 5.41) is 0. The van der Waals surface area contributed by atoms with Crippen LogP contribution >= 0.6 is 0 Å². The molecule has 4 nitrogen and oxygen atoms in total. The number of ether oxygens (including phenoxy) is 2. The molecule has 0 aliphatic heterocycles. The summed E-state index contributed by atoms with van der Waals surface area (Å²) in [7, 11) is 0. The molecule has 0 spiro atoms. The van der Waals surface area contributed by atoms with Gasteiger partial charge in [0.1, 0.15) is 0 Å². The molecule has 0 amide bonds. The molecule has 0 aromatic rings. The normalized spacial score (nSPS) is 11.3. The largest absolute Gasteiger partial charge is 0.466 e. The van der Waals surface area contributed by atoms with E-state index in [2.05, 4.69) is 18.8 Å². The van der Waals surface area contributed by atoms with Crippen LogP contribution in [0, 0.1) is 11.8 Å². The Bertz CT molecular complexity index is 420. The minimum Gasteiger partial charge on any atom is -0.466 e. The van der Waals surface area contributed by atoms with Crippen molar-refractivity contribution in [3.05, 3.63) is 0 Å². The van der Waals surface area contributed by atoms with Crippen molar-refractivity contribution in [2.24, 2.45) is 0 Å². The monoisotopic (exact) mass is 366 g/mol. The van der Waals surface area contributed by atoms with E-state index in [9.17, 15) is 9.59 Å². The zero-order valence-electron chi connectivity index (χ0n) is 17.1. The first-order valence-electron chi connectivity index (χ1n) is 10.4. The number of rotatable bonds is 16. The first-order valence-corrected chi connectivity index (χ1v) is 10.4. The Labute approximate surface area is 160 Å². The standard InChI is InChI=1S/C22H38O4/c1-4-7-8-15-19-25-21(23)17-13-11-9-10-12-14-18-22(24)26-20(6-3)16-5-2/h20H,4,6-15,17-19H2,1-3H3. The van der Waals surface area contributed by atoms with Crippen molar-refractivity contribution < 1.29 is 19.1 Å². The van der Waals surface area contributed by atoms with Crippen molar-refractivity contribution in [3.63, 3.8) is 0 Å². The lowest BCUT2D eigenvalue weighted by Gasteiger charge is -2.10. The van der Waals surface area contributed by atoms with Gasteiger partial charge in [0, 0.05) is 12.8 Å². The highest BCUT2D eigenvalue weighted by molar-refractivity contribution is 5.69. The number of carbonyl (C=O) groups excluding carboxylic acids is 2. The van der Waals surface area contributed by atoms with Gasteiger partial charge in [0.05, 0.1) is 6.61 Å². The van der Waals surface area contributed by atoms with Crippen LogP contribution in [0.5, 0.6) is 0 Å². The fourth-order valence-corrected chi connectivity index (χ4v) is 2.63. The van der Waals surface area contributed by atoms with Crippen LogP contribution in [0.15, 0.2) is 0 Å². The molecule has 0 aromatic heterocycles. The Hall–Kier alpha value is -1.50. The van der Waals surface area contributed by atoms with E-state index >= 15 is 0 Å². The van der Waals surface area contributed by atoms with Crippen molar-refractivity contribution in [1.29, 1.82) is 0 Å². The second-order valence-corrected chi connectivity index (χ2v) is 6.68. The highest BCUT2D eigenvalue weighted by Crippen LogP contribution is 2.10. The van der Waals surface area contributed by atoms with Gasteiger partial charge in [-0.1, -0.05) is 64.7 Å². The van der Waals surface area contributed by atoms with Crippen LogP contribution in [0.1, 0.15) is 104 Å². The van der Waals surface area contributed by atoms with Gasteiger partial charge in [-0.25, -0.2) is 0 Å². The van der Waals surface area contributed by atoms with Gasteiger partial charge in [-0.2, -0.15) is 0 Å². The smallest absolute Gasteiger partial charge is 0.307 e. The van der Waals surface area contributed by atoms with E-state index in [1.807, 2.05) is 6.92 Å². The highest BCUT2D eigenvalue weighted by atomic mass is 16.5. The topological polar surface area (TPSA) is 52.6 Å². The molecule has 4 heteroatoms. The number of hydrogen-bond acceptors (Lipinski definition) is 4. The van der Waals surface area contributed by atoms with Crippen LogP contribution in [-0.4, -0.2) is 24.6 Å². The maximum absolute atomic E-state index is 11.7. The molecule has 0 fully saturated rings. The summed E-state index contributed by atoms with van der Waals surface area (Å²) in [4.78, 5) is 23.3. The zero-order chi connectivity index (χ0) is 19.5. The number of unbranched alkanes of at least 4 members (excludes halogenated alkanes) is 8. The number of esters is 2. The number of carbonyl (C=O) groups is 2. The molecule has 0 radical (unpaired) electrons. The molecule has 0 aliphatic rings. The maximum atomic E-state index is 11.7. The lowest BCUT2D eigenvalue weighted by atomic mass is 10.1. The fraction of sp³-hybridized carbons (Fsp3) is 0.818. The molecule has 150 valence electrons. The van der Waals surface area contributed by atoms with E-state index in [0.717, 1.165) is 57.8 Å². The Morgan fingerprint density at radius 3 is 1.96 bits per heavy atom. The maximum Gasteiger partial charge on any atom is 0.307 e. The van der Waals surface area contributed by atoms with Crippen LogP contribution in [0.2, 0.25) is 0 Å². The van der Waals surface area contributed by atoms with Crippen molar-refractivity contribution in [2.75, 3.05) is 6.61 Å². The minimum atomic E-state index is -0.265. The molecule has 0 rings (SSSR count). The quantitative estimate of drug-likeness (QED) is 0.203. The van der Waals surface area contributed by atoms with Crippen molar-refractivity contribution in [1.82, 2.24) is 0 Å². The Kier molecular flexibility index (Phi) is 17.2. The predicted octanol–water partition coefficient (Wildman–Crippen LogP) is 5.58. The average Bonchev–Trinajstić information content (AvgIpc) is 2.63. The molecule has 0 N–H and O–H groups in total. The predicted molar refractivity (Wildman–Crippen MR) is 106 cm³/mol. The second-order valence-electron chi connectivity index (χ2n) is 6.68. The minimum absolute atomic E-state index is 0.0649. The summed E-state index contributed by atoms with van der Waals surface area (Å²) in [5.41, 5.74) is 0. The number of hydrogen-bond donors (Lipinski definition) is 0. The third kappa shape index (κ3) is 16.0. The Morgan fingerprint density at radius 2 is 1.38 bits per heavy atom. The van der Waals surface area contributed by atoms with Gasteiger partial charge >= 0.3 is 11.9 Å². The van der Waals surface area contributed by atoms with Crippen LogP contribution < -0.4 is 0 Å². The molecule has 0 aliphatic carbocycles. The summed E-state index contributed by atoms with van der Waals surface area (Å²) in [6.07, 6.45) is 12.0. The van der Waals surface area contributed by atoms with Crippen molar-refractivity contribution >= 4 is 11.9 Å². The molecule has 26 heavy (non-hydrogen) atoms. The zero-order valence-corrected chi connectivity index (χ0v) is 17.1. The third-order valence-corrected chi connectivity index (χ3v) is 4.22. The first kappa shape index (κ1) is 24.5. The van der Waals surface area contributed by atoms with Gasteiger partial charge < -0.3 is 9.47 Å². The fourth-order valence-electron chi connectivity index (χ4n) is 2.63. The van der Waals surface area contributed by atoms with Gasteiger partial charge in [-0.15, -0.1) is 5.92 Å². The molecule has 0 saturated heterocycles. The van der Waals surface area contributed by atoms with E-state index in [1.54, 1.807) is 6.92 Å². The van der Waals surface area contributed by atoms with E-state index in [4.69, 9.17) is 9.47 Å².